The molecule has 0 unspecified atom stereocenters. The molecule has 0 atom stereocenters. The van der Waals surface area contributed by atoms with Crippen LogP contribution in [0.4, 0.5) is 0 Å². The summed E-state index contributed by atoms with van der Waals surface area (Å²) >= 11 is 0. The smallest absolute Gasteiger partial charge is 0.317 e. The first-order valence-electron chi connectivity index (χ1n) is 9.02. The molecule has 1 aliphatic carbocycles. The summed E-state index contributed by atoms with van der Waals surface area (Å²) in [6.07, 6.45) is 3.27. The zero-order valence-electron chi connectivity index (χ0n) is 15.4. The molecule has 2 heterocycles. The van der Waals surface area contributed by atoms with Crippen LogP contribution in [0, 0.1) is 6.92 Å². The molecular formula is C18H25N5O3. The van der Waals surface area contributed by atoms with Crippen LogP contribution in [-0.2, 0) is 11.3 Å². The van der Waals surface area contributed by atoms with Gasteiger partial charge < -0.3 is 10.4 Å². The Morgan fingerprint density at radius 2 is 2.12 bits per heavy atom. The van der Waals surface area contributed by atoms with Gasteiger partial charge in [-0.1, -0.05) is 6.92 Å². The molecule has 8 nitrogen and oxygen atoms in total. The average molecular weight is 359 g/mol. The van der Waals surface area contributed by atoms with Gasteiger partial charge in [0.25, 0.3) is 5.91 Å². The summed E-state index contributed by atoms with van der Waals surface area (Å²) in [5.41, 5.74) is 2.04. The first-order valence-corrected chi connectivity index (χ1v) is 9.02. The maximum Gasteiger partial charge on any atom is 0.317 e. The van der Waals surface area contributed by atoms with Gasteiger partial charge in [-0.25, -0.2) is 9.67 Å². The van der Waals surface area contributed by atoms with Crippen molar-refractivity contribution in [2.45, 2.75) is 52.2 Å². The normalized spacial score (nSPS) is 19.5. The molecule has 140 valence electrons. The van der Waals surface area contributed by atoms with Crippen molar-refractivity contribution in [3.05, 3.63) is 23.5 Å². The number of carbonyl (C=O) groups is 2. The van der Waals surface area contributed by atoms with Crippen molar-refractivity contribution in [1.29, 1.82) is 0 Å². The number of carboxylic acids is 1. The average Bonchev–Trinajstić information content (AvgIpc) is 2.96. The molecule has 2 aromatic heterocycles. The molecule has 2 aromatic rings. The van der Waals surface area contributed by atoms with Gasteiger partial charge in [0.1, 0.15) is 0 Å². The zero-order chi connectivity index (χ0) is 18.8. The Hall–Kier alpha value is -2.48. The molecule has 2 N–H and O–H groups in total. The number of aliphatic carboxylic acids is 1. The van der Waals surface area contributed by atoms with Crippen molar-refractivity contribution in [3.8, 4) is 0 Å². The van der Waals surface area contributed by atoms with E-state index < -0.39 is 5.97 Å². The highest BCUT2D eigenvalue weighted by Gasteiger charge is 2.35. The van der Waals surface area contributed by atoms with Crippen LogP contribution in [0.2, 0.25) is 0 Å². The minimum absolute atomic E-state index is 0.0446. The summed E-state index contributed by atoms with van der Waals surface area (Å²) in [5.74, 6) is -0.951. The highest BCUT2D eigenvalue weighted by Crippen LogP contribution is 2.26. The predicted molar refractivity (Wildman–Crippen MR) is 97.1 cm³/mol. The lowest BCUT2D eigenvalue weighted by Gasteiger charge is -2.42. The quantitative estimate of drug-likeness (QED) is 0.776. The van der Waals surface area contributed by atoms with E-state index in [0.29, 0.717) is 17.8 Å². The number of likely N-dealkylation sites (N-methyl/N-ethyl adjacent to an activating group) is 1. The number of nitrogens with one attached hydrogen (secondary N) is 1. The fraction of sp³-hybridized carbons (Fsp3) is 0.556. The Balaban J connectivity index is 1.64. The summed E-state index contributed by atoms with van der Waals surface area (Å²) in [7, 11) is 0. The first-order chi connectivity index (χ1) is 12.4. The highest BCUT2D eigenvalue weighted by molar-refractivity contribution is 5.98. The molecule has 1 aliphatic rings. The van der Waals surface area contributed by atoms with E-state index in [-0.39, 0.29) is 24.5 Å². The molecule has 0 aromatic carbocycles. The molecule has 8 heteroatoms. The second-order valence-corrected chi connectivity index (χ2v) is 6.75. The van der Waals surface area contributed by atoms with Crippen LogP contribution in [0.1, 0.15) is 42.7 Å². The van der Waals surface area contributed by atoms with Crippen molar-refractivity contribution >= 4 is 22.9 Å². The Morgan fingerprint density at radius 3 is 2.73 bits per heavy atom. The maximum atomic E-state index is 12.6. The number of nitrogens with zero attached hydrogens (tertiary/aromatic N) is 4. The lowest BCUT2D eigenvalue weighted by Crippen LogP contribution is -2.54. The van der Waals surface area contributed by atoms with Crippen LogP contribution >= 0.6 is 0 Å². The lowest BCUT2D eigenvalue weighted by atomic mass is 9.85. The van der Waals surface area contributed by atoms with E-state index in [2.05, 4.69) is 15.4 Å². The number of hydrogen-bond donors (Lipinski definition) is 2. The number of rotatable bonds is 7. The predicted octanol–water partition coefficient (Wildman–Crippen LogP) is 1.43. The summed E-state index contributed by atoms with van der Waals surface area (Å²) in [5, 5.41) is 17.1. The van der Waals surface area contributed by atoms with Gasteiger partial charge in [-0.05, 0) is 39.3 Å². The summed E-state index contributed by atoms with van der Waals surface area (Å²) in [4.78, 5) is 30.0. The van der Waals surface area contributed by atoms with E-state index in [9.17, 15) is 9.59 Å². The molecule has 26 heavy (non-hydrogen) atoms. The van der Waals surface area contributed by atoms with E-state index in [1.807, 2.05) is 36.4 Å². The number of hydrogen-bond acceptors (Lipinski definition) is 5. The Labute approximate surface area is 152 Å². The lowest BCUT2D eigenvalue weighted by molar-refractivity contribution is -0.139. The summed E-state index contributed by atoms with van der Waals surface area (Å²) in [6, 6.07) is 2.13. The molecular weight excluding hydrogens is 334 g/mol. The van der Waals surface area contributed by atoms with Gasteiger partial charge in [0.15, 0.2) is 5.65 Å². The van der Waals surface area contributed by atoms with E-state index >= 15 is 0 Å². The van der Waals surface area contributed by atoms with E-state index in [0.717, 1.165) is 30.4 Å². The minimum atomic E-state index is -0.818. The number of pyridine rings is 1. The fourth-order valence-electron chi connectivity index (χ4n) is 3.50. The number of fused-ring (bicyclic) bond motifs is 1. The van der Waals surface area contributed by atoms with Crippen LogP contribution in [0.15, 0.2) is 12.3 Å². The Morgan fingerprint density at radius 1 is 1.38 bits per heavy atom. The number of amides is 1. The molecule has 0 bridgehead atoms. The first kappa shape index (κ1) is 18.3. The molecule has 1 amide bonds. The number of carboxylic acid groups (broad SMARTS) is 1. The molecule has 0 radical (unpaired) electrons. The number of aryl methyl sites for hydroxylation is 2. The second-order valence-electron chi connectivity index (χ2n) is 6.75. The van der Waals surface area contributed by atoms with Crippen LogP contribution in [0.3, 0.4) is 0 Å². The van der Waals surface area contributed by atoms with Gasteiger partial charge in [0, 0.05) is 24.0 Å². The van der Waals surface area contributed by atoms with Crippen molar-refractivity contribution in [3.63, 3.8) is 0 Å². The van der Waals surface area contributed by atoms with Crippen LogP contribution in [0.5, 0.6) is 0 Å². The summed E-state index contributed by atoms with van der Waals surface area (Å²) < 4.78 is 1.81. The maximum absolute atomic E-state index is 12.6. The standard InChI is InChI=1S/C18H25N5O3/c1-4-22(10-16(24)25)14-7-13(8-14)21-18(26)15-6-12-9-19-23(5-2)17(12)20-11(15)3/h6,9,13-14H,4-5,7-8,10H2,1-3H3,(H,21,26)(H,24,25). The van der Waals surface area contributed by atoms with Gasteiger partial charge in [-0.15, -0.1) is 0 Å². The minimum Gasteiger partial charge on any atom is -0.480 e. The van der Waals surface area contributed by atoms with Crippen molar-refractivity contribution in [2.24, 2.45) is 0 Å². The van der Waals surface area contributed by atoms with E-state index in [4.69, 9.17) is 5.11 Å². The topological polar surface area (TPSA) is 100 Å². The Bertz CT molecular complexity index is 826. The van der Waals surface area contributed by atoms with Gasteiger partial charge in [-0.3, -0.25) is 14.5 Å². The van der Waals surface area contributed by atoms with Crippen LogP contribution < -0.4 is 5.32 Å². The fourth-order valence-corrected chi connectivity index (χ4v) is 3.50. The Kier molecular flexibility index (Phi) is 5.22. The number of aromatic nitrogens is 3. The monoisotopic (exact) mass is 359 g/mol. The largest absolute Gasteiger partial charge is 0.480 e. The number of carbonyl (C=O) groups excluding carboxylic acids is 1. The molecule has 0 aliphatic heterocycles. The second kappa shape index (κ2) is 7.41. The van der Waals surface area contributed by atoms with Gasteiger partial charge in [-0.2, -0.15) is 5.10 Å². The van der Waals surface area contributed by atoms with Crippen LogP contribution in [-0.4, -0.2) is 61.8 Å². The highest BCUT2D eigenvalue weighted by atomic mass is 16.4. The van der Waals surface area contributed by atoms with Crippen LogP contribution in [0.25, 0.3) is 11.0 Å². The van der Waals surface area contributed by atoms with E-state index in [1.165, 1.54) is 0 Å². The molecule has 3 rings (SSSR count). The third-order valence-corrected chi connectivity index (χ3v) is 5.06. The van der Waals surface area contributed by atoms with Gasteiger partial charge in [0.2, 0.25) is 0 Å². The zero-order valence-corrected chi connectivity index (χ0v) is 15.4. The molecule has 1 saturated carbocycles. The molecule has 0 spiro atoms. The third-order valence-electron chi connectivity index (χ3n) is 5.06. The van der Waals surface area contributed by atoms with E-state index in [1.54, 1.807) is 6.20 Å². The third kappa shape index (κ3) is 3.55. The van der Waals surface area contributed by atoms with Crippen molar-refractivity contribution in [2.75, 3.05) is 13.1 Å². The van der Waals surface area contributed by atoms with Gasteiger partial charge in [0.05, 0.1) is 24.0 Å². The van der Waals surface area contributed by atoms with Gasteiger partial charge >= 0.3 is 5.97 Å². The van der Waals surface area contributed by atoms with Crippen molar-refractivity contribution < 1.29 is 14.7 Å². The molecule has 0 saturated heterocycles. The SMILES string of the molecule is CCN(CC(=O)O)C1CC(NC(=O)c2cc3cnn(CC)c3nc2C)C1. The van der Waals surface area contributed by atoms with Crippen molar-refractivity contribution in [1.82, 2.24) is 25.0 Å². The molecule has 1 fully saturated rings. The summed E-state index contributed by atoms with van der Waals surface area (Å²) in [6.45, 7) is 7.25.